The quantitative estimate of drug-likeness (QED) is 0.385. The average Bonchev–Trinajstić information content (AvgIpc) is 3.17. The van der Waals surface area contributed by atoms with Crippen LogP contribution in [0.25, 0.3) is 11.0 Å². The van der Waals surface area contributed by atoms with E-state index in [4.69, 9.17) is 21.3 Å². The van der Waals surface area contributed by atoms with Gasteiger partial charge in [-0.05, 0) is 53.9 Å². The molecule has 1 aromatic heterocycles. The van der Waals surface area contributed by atoms with Crippen LogP contribution in [0.3, 0.4) is 0 Å². The first-order chi connectivity index (χ1) is 15.6. The van der Waals surface area contributed by atoms with E-state index in [1.54, 1.807) is 7.11 Å². The van der Waals surface area contributed by atoms with E-state index in [0.717, 1.165) is 40.2 Å². The molecular weight excluding hydrogens is 422 g/mol. The molecule has 1 N–H and O–H groups in total. The number of hydrogen-bond acceptors (Lipinski definition) is 3. The minimum atomic E-state index is -0.194. The molecule has 0 saturated heterocycles. The molecule has 1 heterocycles. The zero-order valence-corrected chi connectivity index (χ0v) is 19.0. The zero-order valence-electron chi connectivity index (χ0n) is 18.2. The van der Waals surface area contributed by atoms with E-state index in [2.05, 4.69) is 22.9 Å². The molecule has 3 aromatic carbocycles. The highest BCUT2D eigenvalue weighted by Crippen LogP contribution is 2.25. The number of fused-ring (bicyclic) bond motifs is 1. The van der Waals surface area contributed by atoms with Crippen LogP contribution in [0.4, 0.5) is 0 Å². The summed E-state index contributed by atoms with van der Waals surface area (Å²) < 4.78 is 7.37. The number of ether oxygens (including phenoxy) is 1. The topological polar surface area (TPSA) is 56.1 Å². The molecule has 4 aromatic rings. The molecule has 1 unspecified atom stereocenters. The lowest BCUT2D eigenvalue weighted by molar-refractivity contribution is -0.121. The van der Waals surface area contributed by atoms with Gasteiger partial charge in [-0.1, -0.05) is 54.9 Å². The first-order valence-corrected chi connectivity index (χ1v) is 11.1. The van der Waals surface area contributed by atoms with Gasteiger partial charge >= 0.3 is 0 Å². The molecule has 0 bridgehead atoms. The van der Waals surface area contributed by atoms with Crippen molar-refractivity contribution in [1.82, 2.24) is 14.9 Å². The van der Waals surface area contributed by atoms with Crippen molar-refractivity contribution in [2.24, 2.45) is 0 Å². The van der Waals surface area contributed by atoms with Crippen LogP contribution in [-0.4, -0.2) is 22.6 Å². The molecule has 0 saturated carbocycles. The Kier molecular flexibility index (Phi) is 6.76. The third kappa shape index (κ3) is 4.94. The monoisotopic (exact) mass is 447 g/mol. The van der Waals surface area contributed by atoms with Crippen LogP contribution in [0, 0.1) is 0 Å². The minimum absolute atomic E-state index is 0.0351. The number of nitrogens with zero attached hydrogens (tertiary/aromatic N) is 2. The number of imidazole rings is 1. The van der Waals surface area contributed by atoms with Crippen LogP contribution in [0.1, 0.15) is 36.3 Å². The Morgan fingerprint density at radius 2 is 1.72 bits per heavy atom. The lowest BCUT2D eigenvalue weighted by Gasteiger charge is -2.19. The van der Waals surface area contributed by atoms with Crippen molar-refractivity contribution in [1.29, 1.82) is 0 Å². The molecule has 5 nitrogen and oxygen atoms in total. The maximum absolute atomic E-state index is 12.8. The highest BCUT2D eigenvalue weighted by Gasteiger charge is 2.21. The number of carbonyl (C=O) groups is 1. The molecule has 0 aliphatic carbocycles. The number of benzene rings is 3. The minimum Gasteiger partial charge on any atom is -0.497 e. The van der Waals surface area contributed by atoms with Crippen molar-refractivity contribution in [2.45, 2.75) is 32.4 Å². The molecule has 164 valence electrons. The lowest BCUT2D eigenvalue weighted by atomic mass is 10.1. The van der Waals surface area contributed by atoms with E-state index in [-0.39, 0.29) is 11.9 Å². The maximum atomic E-state index is 12.8. The van der Waals surface area contributed by atoms with E-state index in [0.29, 0.717) is 18.0 Å². The molecule has 1 atom stereocenters. The molecule has 0 spiro atoms. The predicted octanol–water partition coefficient (Wildman–Crippen LogP) is 5.56. The fourth-order valence-electron chi connectivity index (χ4n) is 3.82. The van der Waals surface area contributed by atoms with Crippen molar-refractivity contribution < 1.29 is 9.53 Å². The third-order valence-electron chi connectivity index (χ3n) is 5.52. The van der Waals surface area contributed by atoms with Gasteiger partial charge in [0.05, 0.1) is 30.6 Å². The molecule has 0 radical (unpaired) electrons. The Labute approximate surface area is 193 Å². The highest BCUT2D eigenvalue weighted by atomic mass is 35.5. The predicted molar refractivity (Wildman–Crippen MR) is 128 cm³/mol. The van der Waals surface area contributed by atoms with Gasteiger partial charge in [0.25, 0.3) is 0 Å². The number of carbonyl (C=O) groups excluding carboxylic acids is 1. The van der Waals surface area contributed by atoms with Crippen molar-refractivity contribution in [3.8, 4) is 5.75 Å². The fourth-order valence-corrected chi connectivity index (χ4v) is 3.95. The lowest BCUT2D eigenvalue weighted by Crippen LogP contribution is -2.31. The standard InChI is InChI=1S/C26H26ClN3O2/c1-3-22(28-25(31)16-18-10-14-21(32-2)15-11-18)26-29-23-6-4-5-7-24(23)30(26)17-19-8-12-20(27)13-9-19/h4-15,22H,3,16-17H2,1-2H3,(H,28,31). The summed E-state index contributed by atoms with van der Waals surface area (Å²) in [6, 6.07) is 23.2. The van der Waals surface area contributed by atoms with Crippen LogP contribution in [0.5, 0.6) is 5.75 Å². The summed E-state index contributed by atoms with van der Waals surface area (Å²) in [6.45, 7) is 2.71. The number of aromatic nitrogens is 2. The number of halogens is 1. The molecule has 6 heteroatoms. The van der Waals surface area contributed by atoms with Gasteiger partial charge in [-0.2, -0.15) is 0 Å². The third-order valence-corrected chi connectivity index (χ3v) is 5.77. The van der Waals surface area contributed by atoms with Crippen LogP contribution in [-0.2, 0) is 17.8 Å². The number of methoxy groups -OCH3 is 1. The van der Waals surface area contributed by atoms with Gasteiger partial charge < -0.3 is 14.6 Å². The van der Waals surface area contributed by atoms with Crippen LogP contribution >= 0.6 is 11.6 Å². The summed E-state index contributed by atoms with van der Waals surface area (Å²) >= 11 is 6.06. The van der Waals surface area contributed by atoms with Crippen molar-refractivity contribution in [3.63, 3.8) is 0 Å². The Morgan fingerprint density at radius 1 is 1.03 bits per heavy atom. The smallest absolute Gasteiger partial charge is 0.225 e. The van der Waals surface area contributed by atoms with Crippen molar-refractivity contribution >= 4 is 28.5 Å². The molecule has 0 fully saturated rings. The first kappa shape index (κ1) is 21.9. The summed E-state index contributed by atoms with van der Waals surface area (Å²) in [7, 11) is 1.63. The number of amides is 1. The second kappa shape index (κ2) is 9.88. The number of hydrogen-bond donors (Lipinski definition) is 1. The number of rotatable bonds is 8. The van der Waals surface area contributed by atoms with Crippen molar-refractivity contribution in [2.75, 3.05) is 7.11 Å². The second-order valence-electron chi connectivity index (χ2n) is 7.72. The average molecular weight is 448 g/mol. The Bertz CT molecular complexity index is 1200. The highest BCUT2D eigenvalue weighted by molar-refractivity contribution is 6.30. The van der Waals surface area contributed by atoms with Gasteiger partial charge in [0.2, 0.25) is 5.91 Å². The van der Waals surface area contributed by atoms with E-state index < -0.39 is 0 Å². The Morgan fingerprint density at radius 3 is 2.41 bits per heavy atom. The molecular formula is C26H26ClN3O2. The van der Waals surface area contributed by atoms with Gasteiger partial charge in [-0.15, -0.1) is 0 Å². The molecule has 32 heavy (non-hydrogen) atoms. The molecule has 1 amide bonds. The summed E-state index contributed by atoms with van der Waals surface area (Å²) in [5.74, 6) is 1.59. The number of nitrogens with one attached hydrogen (secondary N) is 1. The Hall–Kier alpha value is -3.31. The van der Waals surface area contributed by atoms with Crippen molar-refractivity contribution in [3.05, 3.63) is 94.8 Å². The molecule has 4 rings (SSSR count). The van der Waals surface area contributed by atoms with Gasteiger partial charge in [0, 0.05) is 11.6 Å². The van der Waals surface area contributed by atoms with E-state index >= 15 is 0 Å². The van der Waals surface area contributed by atoms with E-state index in [9.17, 15) is 4.79 Å². The van der Waals surface area contributed by atoms with Gasteiger partial charge in [-0.3, -0.25) is 4.79 Å². The summed E-state index contributed by atoms with van der Waals surface area (Å²) in [5.41, 5.74) is 4.02. The van der Waals surface area contributed by atoms with Crippen LogP contribution in [0.2, 0.25) is 5.02 Å². The summed E-state index contributed by atoms with van der Waals surface area (Å²) in [6.07, 6.45) is 1.04. The zero-order chi connectivity index (χ0) is 22.5. The summed E-state index contributed by atoms with van der Waals surface area (Å²) in [4.78, 5) is 17.7. The van der Waals surface area contributed by atoms with Crippen LogP contribution < -0.4 is 10.1 Å². The van der Waals surface area contributed by atoms with Gasteiger partial charge in [0.15, 0.2) is 0 Å². The SMILES string of the molecule is CCC(NC(=O)Cc1ccc(OC)cc1)c1nc2ccccc2n1Cc1ccc(Cl)cc1. The van der Waals surface area contributed by atoms with Crippen LogP contribution in [0.15, 0.2) is 72.8 Å². The van der Waals surface area contributed by atoms with Gasteiger partial charge in [0.1, 0.15) is 11.6 Å². The second-order valence-corrected chi connectivity index (χ2v) is 8.16. The number of para-hydroxylation sites is 2. The van der Waals surface area contributed by atoms with E-state index in [1.165, 1.54) is 0 Å². The first-order valence-electron chi connectivity index (χ1n) is 10.7. The summed E-state index contributed by atoms with van der Waals surface area (Å²) in [5, 5.41) is 3.89. The fraction of sp³-hybridized carbons (Fsp3) is 0.231. The molecule has 0 aliphatic rings. The normalized spacial score (nSPS) is 12.0. The van der Waals surface area contributed by atoms with Gasteiger partial charge in [-0.25, -0.2) is 4.98 Å². The largest absolute Gasteiger partial charge is 0.497 e. The van der Waals surface area contributed by atoms with E-state index in [1.807, 2.05) is 66.7 Å². The maximum Gasteiger partial charge on any atom is 0.225 e. The molecule has 0 aliphatic heterocycles. The Balaban J connectivity index is 1.59.